The van der Waals surface area contributed by atoms with Crippen molar-refractivity contribution >= 4 is 33.2 Å². The van der Waals surface area contributed by atoms with Crippen LogP contribution in [-0.2, 0) is 11.3 Å². The van der Waals surface area contributed by atoms with Gasteiger partial charge in [-0.25, -0.2) is 4.79 Å². The van der Waals surface area contributed by atoms with Crippen LogP contribution in [0.3, 0.4) is 0 Å². The van der Waals surface area contributed by atoms with Crippen LogP contribution < -0.4 is 5.32 Å². The molecule has 0 aliphatic rings. The number of carbonyl (C=O) groups is 1. The molecule has 1 aromatic rings. The Morgan fingerprint density at radius 3 is 2.86 bits per heavy atom. The summed E-state index contributed by atoms with van der Waals surface area (Å²) in [5, 5.41) is 11.5. The fourth-order valence-electron chi connectivity index (χ4n) is 0.859. The van der Waals surface area contributed by atoms with E-state index in [2.05, 4.69) is 27.8 Å². The highest BCUT2D eigenvalue weighted by atomic mass is 79.9. The quantitative estimate of drug-likeness (QED) is 0.811. The second-order valence-corrected chi connectivity index (χ2v) is 5.27. The summed E-state index contributed by atoms with van der Waals surface area (Å²) in [6, 6.07) is 3.96. The Labute approximate surface area is 94.6 Å². The van der Waals surface area contributed by atoms with Gasteiger partial charge < -0.3 is 10.4 Å². The summed E-state index contributed by atoms with van der Waals surface area (Å²) in [5.74, 6) is -0.954. The Morgan fingerprint density at radius 1 is 1.64 bits per heavy atom. The molecule has 1 aromatic heterocycles. The van der Waals surface area contributed by atoms with Gasteiger partial charge in [0.25, 0.3) is 0 Å². The van der Waals surface area contributed by atoms with Gasteiger partial charge in [0.05, 0.1) is 3.79 Å². The van der Waals surface area contributed by atoms with Gasteiger partial charge in [-0.15, -0.1) is 11.3 Å². The standard InChI is InChI=1S/C9H10BrNO2S/c1-6(9(12)13)4-11-5-7-2-3-8(10)14-7/h2-3,11H,1,4-5H2,(H,12,13). The molecule has 0 aromatic carbocycles. The van der Waals surface area contributed by atoms with Gasteiger partial charge >= 0.3 is 5.97 Å². The second kappa shape index (κ2) is 5.29. The molecule has 2 N–H and O–H groups in total. The number of hydrogen-bond donors (Lipinski definition) is 2. The summed E-state index contributed by atoms with van der Waals surface area (Å²) in [4.78, 5) is 11.6. The van der Waals surface area contributed by atoms with Crippen molar-refractivity contribution in [3.05, 3.63) is 32.9 Å². The molecule has 0 radical (unpaired) electrons. The second-order valence-electron chi connectivity index (χ2n) is 2.72. The largest absolute Gasteiger partial charge is 0.478 e. The zero-order valence-electron chi connectivity index (χ0n) is 7.42. The first-order chi connectivity index (χ1) is 6.59. The molecule has 0 aliphatic heterocycles. The number of carboxylic acid groups (broad SMARTS) is 1. The van der Waals surface area contributed by atoms with Crippen LogP contribution in [0.4, 0.5) is 0 Å². The van der Waals surface area contributed by atoms with E-state index in [0.29, 0.717) is 13.1 Å². The van der Waals surface area contributed by atoms with Gasteiger partial charge in [-0.1, -0.05) is 6.58 Å². The summed E-state index contributed by atoms with van der Waals surface area (Å²) in [6.45, 7) is 4.40. The number of hydrogen-bond acceptors (Lipinski definition) is 3. The fourth-order valence-corrected chi connectivity index (χ4v) is 2.31. The molecule has 0 unspecified atom stereocenters. The van der Waals surface area contributed by atoms with Crippen LogP contribution in [0.2, 0.25) is 0 Å². The minimum Gasteiger partial charge on any atom is -0.478 e. The Bertz CT molecular complexity index is 348. The van der Waals surface area contributed by atoms with E-state index >= 15 is 0 Å². The molecule has 0 aliphatic carbocycles. The van der Waals surface area contributed by atoms with Crippen LogP contribution in [-0.4, -0.2) is 17.6 Å². The lowest BCUT2D eigenvalue weighted by atomic mass is 10.3. The molecule has 0 saturated carbocycles. The number of carboxylic acids is 1. The van der Waals surface area contributed by atoms with Crippen molar-refractivity contribution in [3.63, 3.8) is 0 Å². The molecule has 0 saturated heterocycles. The summed E-state index contributed by atoms with van der Waals surface area (Å²) < 4.78 is 1.08. The zero-order chi connectivity index (χ0) is 10.6. The Hall–Kier alpha value is -0.650. The Morgan fingerprint density at radius 2 is 2.36 bits per heavy atom. The maximum atomic E-state index is 10.4. The first-order valence-corrected chi connectivity index (χ1v) is 5.56. The minimum atomic E-state index is -0.954. The predicted molar refractivity (Wildman–Crippen MR) is 60.5 cm³/mol. The molecule has 0 bridgehead atoms. The molecule has 0 spiro atoms. The zero-order valence-corrected chi connectivity index (χ0v) is 9.82. The summed E-state index contributed by atoms with van der Waals surface area (Å²) in [6.07, 6.45) is 0. The van der Waals surface area contributed by atoms with Crippen LogP contribution in [0.15, 0.2) is 28.1 Å². The highest BCUT2D eigenvalue weighted by Crippen LogP contribution is 2.21. The van der Waals surface area contributed by atoms with Gasteiger partial charge in [-0.05, 0) is 28.1 Å². The van der Waals surface area contributed by atoms with Crippen molar-refractivity contribution in [3.8, 4) is 0 Å². The maximum absolute atomic E-state index is 10.4. The van der Waals surface area contributed by atoms with Crippen molar-refractivity contribution in [2.75, 3.05) is 6.54 Å². The molecule has 5 heteroatoms. The minimum absolute atomic E-state index is 0.181. The number of halogens is 1. The van der Waals surface area contributed by atoms with Crippen molar-refractivity contribution in [2.24, 2.45) is 0 Å². The van der Waals surface area contributed by atoms with E-state index < -0.39 is 5.97 Å². The SMILES string of the molecule is C=C(CNCc1ccc(Br)s1)C(=O)O. The molecule has 1 rings (SSSR count). The van der Waals surface area contributed by atoms with Gasteiger partial charge in [0.15, 0.2) is 0 Å². The van der Waals surface area contributed by atoms with Gasteiger partial charge in [-0.2, -0.15) is 0 Å². The lowest BCUT2D eigenvalue weighted by molar-refractivity contribution is -0.132. The maximum Gasteiger partial charge on any atom is 0.332 e. The smallest absolute Gasteiger partial charge is 0.332 e. The first-order valence-electron chi connectivity index (χ1n) is 3.95. The molecule has 76 valence electrons. The first kappa shape index (κ1) is 11.4. The highest BCUT2D eigenvalue weighted by Gasteiger charge is 2.03. The van der Waals surface area contributed by atoms with Crippen LogP contribution in [0.5, 0.6) is 0 Å². The Balaban J connectivity index is 2.29. The van der Waals surface area contributed by atoms with E-state index in [1.54, 1.807) is 11.3 Å². The number of rotatable bonds is 5. The van der Waals surface area contributed by atoms with Crippen LogP contribution in [0, 0.1) is 0 Å². The monoisotopic (exact) mass is 275 g/mol. The molecular formula is C9H10BrNO2S. The third kappa shape index (κ3) is 3.61. The summed E-state index contributed by atoms with van der Waals surface area (Å²) >= 11 is 4.98. The highest BCUT2D eigenvalue weighted by molar-refractivity contribution is 9.11. The van der Waals surface area contributed by atoms with E-state index in [-0.39, 0.29) is 5.57 Å². The molecular weight excluding hydrogens is 266 g/mol. The van der Waals surface area contributed by atoms with Crippen LogP contribution in [0.25, 0.3) is 0 Å². The Kier molecular flexibility index (Phi) is 4.31. The molecule has 14 heavy (non-hydrogen) atoms. The average molecular weight is 276 g/mol. The van der Waals surface area contributed by atoms with E-state index in [0.717, 1.165) is 8.66 Å². The number of nitrogens with one attached hydrogen (secondary N) is 1. The van der Waals surface area contributed by atoms with E-state index in [9.17, 15) is 4.79 Å². The molecule has 0 atom stereocenters. The molecule has 0 fully saturated rings. The topological polar surface area (TPSA) is 49.3 Å². The van der Waals surface area contributed by atoms with Crippen LogP contribution >= 0.6 is 27.3 Å². The van der Waals surface area contributed by atoms with Crippen molar-refractivity contribution < 1.29 is 9.90 Å². The average Bonchev–Trinajstić information content (AvgIpc) is 2.51. The van der Waals surface area contributed by atoms with Crippen molar-refractivity contribution in [2.45, 2.75) is 6.54 Å². The van der Waals surface area contributed by atoms with Crippen molar-refractivity contribution in [1.29, 1.82) is 0 Å². The van der Waals surface area contributed by atoms with E-state index in [1.165, 1.54) is 0 Å². The third-order valence-electron chi connectivity index (χ3n) is 1.57. The van der Waals surface area contributed by atoms with Gasteiger partial charge in [0.2, 0.25) is 0 Å². The van der Waals surface area contributed by atoms with Crippen molar-refractivity contribution in [1.82, 2.24) is 5.32 Å². The lowest BCUT2D eigenvalue weighted by Crippen LogP contribution is -2.19. The molecule has 1 heterocycles. The lowest BCUT2D eigenvalue weighted by Gasteiger charge is -2.01. The van der Waals surface area contributed by atoms with Crippen LogP contribution in [0.1, 0.15) is 4.88 Å². The van der Waals surface area contributed by atoms with Gasteiger partial charge in [-0.3, -0.25) is 0 Å². The molecule has 0 amide bonds. The summed E-state index contributed by atoms with van der Waals surface area (Å²) in [7, 11) is 0. The predicted octanol–water partition coefficient (Wildman–Crippen LogP) is 2.24. The summed E-state index contributed by atoms with van der Waals surface area (Å²) in [5.41, 5.74) is 0.181. The number of aliphatic carboxylic acids is 1. The van der Waals surface area contributed by atoms with E-state index in [1.807, 2.05) is 12.1 Å². The van der Waals surface area contributed by atoms with E-state index in [4.69, 9.17) is 5.11 Å². The fraction of sp³-hybridized carbons (Fsp3) is 0.222. The number of thiophene rings is 1. The molecule has 3 nitrogen and oxygen atoms in total. The normalized spacial score (nSPS) is 10.1. The van der Waals surface area contributed by atoms with Gasteiger partial charge in [0.1, 0.15) is 0 Å². The third-order valence-corrected chi connectivity index (χ3v) is 3.19. The van der Waals surface area contributed by atoms with Gasteiger partial charge in [0, 0.05) is 23.5 Å².